The summed E-state index contributed by atoms with van der Waals surface area (Å²) in [5.41, 5.74) is 0. The topological polar surface area (TPSA) is 63.9 Å². The summed E-state index contributed by atoms with van der Waals surface area (Å²) in [5.74, 6) is 0.293. The second-order valence-corrected chi connectivity index (χ2v) is 5.23. The number of hydrogen-bond donors (Lipinski definition) is 3. The first-order valence-corrected chi connectivity index (χ1v) is 6.43. The van der Waals surface area contributed by atoms with Crippen LogP contribution in [0.3, 0.4) is 0 Å². The number of piperidine rings is 1. The molecule has 2 rings (SSSR count). The number of nitrogens with zero attached hydrogens (tertiary/aromatic N) is 1. The Bertz CT molecular complexity index is 236. The fraction of sp³-hybridized carbons (Fsp3) is 1.00. The van der Waals surface area contributed by atoms with E-state index in [4.69, 9.17) is 0 Å². The molecular weight excluding hydrogens is 206 g/mol. The van der Waals surface area contributed by atoms with Crippen LogP contribution in [-0.2, 0) is 0 Å². The van der Waals surface area contributed by atoms with E-state index in [-0.39, 0.29) is 6.04 Å². The number of rotatable bonds is 3. The average molecular weight is 229 g/mol. The summed E-state index contributed by atoms with van der Waals surface area (Å²) in [6, 6.07) is -0.245. The van der Waals surface area contributed by atoms with Gasteiger partial charge in [0, 0.05) is 6.54 Å². The molecule has 0 bridgehead atoms. The zero-order chi connectivity index (χ0) is 11.7. The van der Waals surface area contributed by atoms with E-state index in [1.165, 1.54) is 0 Å². The van der Waals surface area contributed by atoms with Gasteiger partial charge in [-0.1, -0.05) is 19.8 Å². The van der Waals surface area contributed by atoms with E-state index in [9.17, 15) is 15.3 Å². The third kappa shape index (κ3) is 2.12. The number of fused-ring (bicyclic) bond motifs is 1. The molecule has 0 amide bonds. The Morgan fingerprint density at radius 1 is 1.19 bits per heavy atom. The zero-order valence-corrected chi connectivity index (χ0v) is 9.92. The maximum atomic E-state index is 10.2. The summed E-state index contributed by atoms with van der Waals surface area (Å²) >= 11 is 0. The van der Waals surface area contributed by atoms with Gasteiger partial charge in [-0.25, -0.2) is 0 Å². The molecule has 2 heterocycles. The van der Waals surface area contributed by atoms with Crippen LogP contribution in [0.25, 0.3) is 0 Å². The lowest BCUT2D eigenvalue weighted by molar-refractivity contribution is -0.0584. The van der Waals surface area contributed by atoms with E-state index in [1.54, 1.807) is 0 Å². The monoisotopic (exact) mass is 229 g/mol. The van der Waals surface area contributed by atoms with Crippen molar-refractivity contribution in [2.45, 2.75) is 57.0 Å². The molecule has 0 aromatic heterocycles. The van der Waals surface area contributed by atoms with Crippen molar-refractivity contribution in [3.63, 3.8) is 0 Å². The summed E-state index contributed by atoms with van der Waals surface area (Å²) in [5, 5.41) is 29.7. The molecule has 2 aliphatic heterocycles. The highest BCUT2D eigenvalue weighted by Crippen LogP contribution is 2.33. The van der Waals surface area contributed by atoms with Crippen molar-refractivity contribution in [3.05, 3.63) is 0 Å². The van der Waals surface area contributed by atoms with Gasteiger partial charge in [0.1, 0.15) is 0 Å². The highest BCUT2D eigenvalue weighted by atomic mass is 16.3. The van der Waals surface area contributed by atoms with Gasteiger partial charge in [0.05, 0.1) is 24.4 Å². The minimum atomic E-state index is -0.778. The van der Waals surface area contributed by atoms with Gasteiger partial charge in [-0.15, -0.1) is 0 Å². The molecule has 4 unspecified atom stereocenters. The summed E-state index contributed by atoms with van der Waals surface area (Å²) in [7, 11) is 0. The number of hydrogen-bond acceptors (Lipinski definition) is 4. The van der Waals surface area contributed by atoms with E-state index in [2.05, 4.69) is 6.92 Å². The van der Waals surface area contributed by atoms with Crippen LogP contribution in [0.5, 0.6) is 0 Å². The lowest BCUT2D eigenvalue weighted by Gasteiger charge is -2.40. The molecular formula is C12H23NO3. The SMILES string of the molecule is CCCC[C@@H]1CCN2CC(O)C(O)C2C1O. The first kappa shape index (κ1) is 12.3. The standard InChI is InChI=1S/C12H23NO3/c1-2-3-4-8-5-6-13-7-9(14)12(16)10(13)11(8)15/h8-12,14-16H,2-7H2,1H3/t8-,9?,10?,11?,12?/m1/s1. The Morgan fingerprint density at radius 3 is 2.62 bits per heavy atom. The molecule has 2 fully saturated rings. The second-order valence-electron chi connectivity index (χ2n) is 5.23. The molecule has 0 aromatic rings. The first-order valence-electron chi connectivity index (χ1n) is 6.43. The van der Waals surface area contributed by atoms with Gasteiger partial charge in [-0.3, -0.25) is 4.90 Å². The predicted molar refractivity (Wildman–Crippen MR) is 61.0 cm³/mol. The van der Waals surface area contributed by atoms with Crippen LogP contribution in [0.1, 0.15) is 32.6 Å². The Labute approximate surface area is 96.9 Å². The van der Waals surface area contributed by atoms with Crippen molar-refractivity contribution in [1.29, 1.82) is 0 Å². The third-order valence-corrected chi connectivity index (χ3v) is 4.14. The molecule has 5 atom stereocenters. The Kier molecular flexibility index (Phi) is 3.85. The molecule has 3 N–H and O–H groups in total. The molecule has 16 heavy (non-hydrogen) atoms. The number of aliphatic hydroxyl groups is 3. The smallest absolute Gasteiger partial charge is 0.0991 e. The lowest BCUT2D eigenvalue weighted by Crippen LogP contribution is -2.53. The maximum absolute atomic E-state index is 10.2. The summed E-state index contributed by atoms with van der Waals surface area (Å²) in [6.45, 7) is 3.54. The summed E-state index contributed by atoms with van der Waals surface area (Å²) in [4.78, 5) is 2.03. The molecule has 0 aliphatic carbocycles. The molecule has 94 valence electrons. The van der Waals surface area contributed by atoms with E-state index in [1.807, 2.05) is 4.90 Å². The van der Waals surface area contributed by atoms with Gasteiger partial charge in [0.25, 0.3) is 0 Å². The lowest BCUT2D eigenvalue weighted by atomic mass is 9.83. The van der Waals surface area contributed by atoms with Crippen LogP contribution in [0.2, 0.25) is 0 Å². The Morgan fingerprint density at radius 2 is 1.94 bits per heavy atom. The highest BCUT2D eigenvalue weighted by molar-refractivity contribution is 5.01. The van der Waals surface area contributed by atoms with Crippen molar-refractivity contribution < 1.29 is 15.3 Å². The molecule has 0 saturated carbocycles. The van der Waals surface area contributed by atoms with Crippen LogP contribution in [0.15, 0.2) is 0 Å². The van der Waals surface area contributed by atoms with Crippen molar-refractivity contribution >= 4 is 0 Å². The number of aliphatic hydroxyl groups excluding tert-OH is 3. The van der Waals surface area contributed by atoms with Crippen LogP contribution in [0.4, 0.5) is 0 Å². The van der Waals surface area contributed by atoms with Gasteiger partial charge in [-0.05, 0) is 25.3 Å². The molecule has 2 aliphatic rings. The fourth-order valence-corrected chi connectivity index (χ4v) is 3.13. The maximum Gasteiger partial charge on any atom is 0.0991 e. The van der Waals surface area contributed by atoms with Crippen molar-refractivity contribution in [2.24, 2.45) is 5.92 Å². The van der Waals surface area contributed by atoms with Crippen molar-refractivity contribution in [2.75, 3.05) is 13.1 Å². The van der Waals surface area contributed by atoms with Gasteiger partial charge >= 0.3 is 0 Å². The normalized spacial score (nSPS) is 44.6. The zero-order valence-electron chi connectivity index (χ0n) is 9.92. The summed E-state index contributed by atoms with van der Waals surface area (Å²) in [6.07, 6.45) is 2.34. The van der Waals surface area contributed by atoms with E-state index < -0.39 is 18.3 Å². The molecule has 0 aromatic carbocycles. The molecule has 2 saturated heterocycles. The molecule has 4 heteroatoms. The molecule has 0 radical (unpaired) electrons. The van der Waals surface area contributed by atoms with E-state index >= 15 is 0 Å². The second kappa shape index (κ2) is 5.00. The molecule has 0 spiro atoms. The quantitative estimate of drug-likeness (QED) is 0.635. The number of unbranched alkanes of at least 4 members (excludes halogenated alkanes) is 1. The third-order valence-electron chi connectivity index (χ3n) is 4.14. The van der Waals surface area contributed by atoms with Gasteiger partial charge in [-0.2, -0.15) is 0 Å². The van der Waals surface area contributed by atoms with E-state index in [0.717, 1.165) is 32.2 Å². The van der Waals surface area contributed by atoms with Crippen LogP contribution in [0, 0.1) is 5.92 Å². The minimum absolute atomic E-state index is 0.245. The highest BCUT2D eigenvalue weighted by Gasteiger charge is 2.48. The van der Waals surface area contributed by atoms with Crippen LogP contribution >= 0.6 is 0 Å². The largest absolute Gasteiger partial charge is 0.391 e. The fourth-order valence-electron chi connectivity index (χ4n) is 3.13. The van der Waals surface area contributed by atoms with E-state index in [0.29, 0.717) is 12.5 Å². The van der Waals surface area contributed by atoms with Crippen LogP contribution in [-0.4, -0.2) is 57.7 Å². The first-order chi connectivity index (χ1) is 7.65. The summed E-state index contributed by atoms with van der Waals surface area (Å²) < 4.78 is 0. The van der Waals surface area contributed by atoms with Gasteiger partial charge in [0.15, 0.2) is 0 Å². The van der Waals surface area contributed by atoms with Crippen molar-refractivity contribution in [3.8, 4) is 0 Å². The predicted octanol–water partition coefficient (Wildman–Crippen LogP) is -0.0366. The average Bonchev–Trinajstić information content (AvgIpc) is 2.55. The Balaban J connectivity index is 1.99. The Hall–Kier alpha value is -0.160. The minimum Gasteiger partial charge on any atom is -0.391 e. The van der Waals surface area contributed by atoms with Crippen LogP contribution < -0.4 is 0 Å². The van der Waals surface area contributed by atoms with Crippen molar-refractivity contribution in [1.82, 2.24) is 4.90 Å². The van der Waals surface area contributed by atoms with Gasteiger partial charge in [0.2, 0.25) is 0 Å². The van der Waals surface area contributed by atoms with Gasteiger partial charge < -0.3 is 15.3 Å². The molecule has 4 nitrogen and oxygen atoms in total.